The van der Waals surface area contributed by atoms with Crippen molar-refractivity contribution in [2.24, 2.45) is 0 Å². The second-order valence-corrected chi connectivity index (χ2v) is 9.16. The van der Waals surface area contributed by atoms with Gasteiger partial charge in [-0.25, -0.2) is 9.97 Å². The Hall–Kier alpha value is -3.72. The van der Waals surface area contributed by atoms with Crippen molar-refractivity contribution in [3.05, 3.63) is 84.7 Å². The molecule has 0 radical (unpaired) electrons. The SMILES string of the molecule is CC(C)(C)c1cc(-c2ncnc3c2oc2c4ccccc4ccc32)cc2ccccc12. The quantitative estimate of drug-likeness (QED) is 0.283. The monoisotopic (exact) mass is 402 g/mol. The number of nitrogens with zero attached hydrogens (tertiary/aromatic N) is 2. The van der Waals surface area contributed by atoms with Crippen LogP contribution >= 0.6 is 0 Å². The fraction of sp³-hybridized carbons (Fsp3) is 0.143. The van der Waals surface area contributed by atoms with Crippen LogP contribution < -0.4 is 0 Å². The zero-order chi connectivity index (χ0) is 21.2. The summed E-state index contributed by atoms with van der Waals surface area (Å²) in [4.78, 5) is 9.27. The number of rotatable bonds is 1. The molecule has 31 heavy (non-hydrogen) atoms. The van der Waals surface area contributed by atoms with Gasteiger partial charge in [0.05, 0.1) is 0 Å². The van der Waals surface area contributed by atoms with E-state index in [2.05, 4.69) is 91.4 Å². The lowest BCUT2D eigenvalue weighted by Gasteiger charge is -2.22. The minimum absolute atomic E-state index is 0.00579. The number of fused-ring (bicyclic) bond motifs is 6. The maximum Gasteiger partial charge on any atom is 0.180 e. The summed E-state index contributed by atoms with van der Waals surface area (Å²) in [6.45, 7) is 6.75. The molecule has 150 valence electrons. The van der Waals surface area contributed by atoms with Crippen molar-refractivity contribution >= 4 is 43.6 Å². The lowest BCUT2D eigenvalue weighted by atomic mass is 9.82. The van der Waals surface area contributed by atoms with Gasteiger partial charge in [0, 0.05) is 16.3 Å². The van der Waals surface area contributed by atoms with Gasteiger partial charge in [-0.1, -0.05) is 75.4 Å². The van der Waals surface area contributed by atoms with Crippen molar-refractivity contribution in [3.63, 3.8) is 0 Å². The second kappa shape index (κ2) is 6.39. The zero-order valence-electron chi connectivity index (χ0n) is 17.8. The van der Waals surface area contributed by atoms with Crippen molar-refractivity contribution < 1.29 is 4.42 Å². The predicted octanol–water partition coefficient (Wildman–Crippen LogP) is 7.65. The minimum Gasteiger partial charge on any atom is -0.451 e. The van der Waals surface area contributed by atoms with Crippen molar-refractivity contribution in [3.8, 4) is 11.3 Å². The highest BCUT2D eigenvalue weighted by Crippen LogP contribution is 2.39. The van der Waals surface area contributed by atoms with E-state index in [1.807, 2.05) is 12.1 Å². The maximum absolute atomic E-state index is 6.46. The normalized spacial score (nSPS) is 12.4. The van der Waals surface area contributed by atoms with Crippen molar-refractivity contribution in [2.75, 3.05) is 0 Å². The largest absolute Gasteiger partial charge is 0.451 e. The molecule has 3 nitrogen and oxygen atoms in total. The van der Waals surface area contributed by atoms with Crippen LogP contribution in [0.3, 0.4) is 0 Å². The summed E-state index contributed by atoms with van der Waals surface area (Å²) in [5.41, 5.74) is 5.66. The number of aromatic nitrogens is 2. The Bertz CT molecular complexity index is 1620. The van der Waals surface area contributed by atoms with Gasteiger partial charge < -0.3 is 4.42 Å². The molecule has 3 heteroatoms. The Labute approximate surface area is 180 Å². The molecule has 0 N–H and O–H groups in total. The van der Waals surface area contributed by atoms with Crippen LogP contribution in [0.15, 0.2) is 83.5 Å². The molecule has 0 unspecified atom stereocenters. The summed E-state index contributed by atoms with van der Waals surface area (Å²) in [6.07, 6.45) is 1.65. The van der Waals surface area contributed by atoms with Crippen molar-refractivity contribution in [1.82, 2.24) is 9.97 Å². The first-order valence-electron chi connectivity index (χ1n) is 10.6. The zero-order valence-corrected chi connectivity index (χ0v) is 17.8. The molecule has 0 bridgehead atoms. The summed E-state index contributed by atoms with van der Waals surface area (Å²) in [5, 5.41) is 5.76. The number of furan rings is 1. The third kappa shape index (κ3) is 2.73. The molecular weight excluding hydrogens is 380 g/mol. The Kier molecular flexibility index (Phi) is 3.73. The average Bonchev–Trinajstić information content (AvgIpc) is 3.17. The molecule has 2 heterocycles. The van der Waals surface area contributed by atoms with Crippen molar-refractivity contribution in [1.29, 1.82) is 0 Å². The third-order valence-electron chi connectivity index (χ3n) is 6.09. The van der Waals surface area contributed by atoms with Crippen LogP contribution in [0.5, 0.6) is 0 Å². The van der Waals surface area contributed by atoms with E-state index in [-0.39, 0.29) is 5.41 Å². The van der Waals surface area contributed by atoms with E-state index >= 15 is 0 Å². The lowest BCUT2D eigenvalue weighted by Crippen LogP contribution is -2.12. The van der Waals surface area contributed by atoms with Crippen LogP contribution in [0.1, 0.15) is 26.3 Å². The van der Waals surface area contributed by atoms with Gasteiger partial charge in [-0.05, 0) is 45.3 Å². The Morgan fingerprint density at radius 1 is 0.677 bits per heavy atom. The first-order valence-corrected chi connectivity index (χ1v) is 10.6. The molecule has 0 amide bonds. The minimum atomic E-state index is 0.00579. The molecule has 6 rings (SSSR count). The lowest BCUT2D eigenvalue weighted by molar-refractivity contribution is 0.596. The predicted molar refractivity (Wildman–Crippen MR) is 128 cm³/mol. The van der Waals surface area contributed by atoms with Gasteiger partial charge in [0.1, 0.15) is 23.1 Å². The first-order chi connectivity index (χ1) is 15.0. The van der Waals surface area contributed by atoms with Crippen molar-refractivity contribution in [2.45, 2.75) is 26.2 Å². The molecule has 0 aliphatic heterocycles. The number of benzene rings is 4. The summed E-state index contributed by atoms with van der Waals surface area (Å²) in [6, 6.07) is 25.5. The molecule has 2 aromatic heterocycles. The van der Waals surface area contributed by atoms with Gasteiger partial charge >= 0.3 is 0 Å². The van der Waals surface area contributed by atoms with Gasteiger partial charge in [0.25, 0.3) is 0 Å². The second-order valence-electron chi connectivity index (χ2n) is 9.16. The van der Waals surface area contributed by atoms with Crippen LogP contribution in [0.25, 0.3) is 54.9 Å². The van der Waals surface area contributed by atoms with Crippen LogP contribution in [-0.2, 0) is 5.41 Å². The third-order valence-corrected chi connectivity index (χ3v) is 6.09. The summed E-state index contributed by atoms with van der Waals surface area (Å²) in [7, 11) is 0. The van der Waals surface area contributed by atoms with Gasteiger partial charge in [0.2, 0.25) is 0 Å². The molecular formula is C28H22N2O. The summed E-state index contributed by atoms with van der Waals surface area (Å²) >= 11 is 0. The van der Waals surface area contributed by atoms with E-state index in [1.165, 1.54) is 16.3 Å². The molecule has 4 aromatic carbocycles. The highest BCUT2D eigenvalue weighted by atomic mass is 16.3. The van der Waals surface area contributed by atoms with Gasteiger partial charge in [0.15, 0.2) is 5.58 Å². The number of hydrogen-bond donors (Lipinski definition) is 0. The van der Waals surface area contributed by atoms with E-state index in [0.29, 0.717) is 0 Å². The smallest absolute Gasteiger partial charge is 0.180 e. The molecule has 0 aliphatic rings. The van der Waals surface area contributed by atoms with Crippen LogP contribution in [0, 0.1) is 0 Å². The fourth-order valence-corrected chi connectivity index (χ4v) is 4.58. The molecule has 0 atom stereocenters. The van der Waals surface area contributed by atoms with Crippen LogP contribution in [0.4, 0.5) is 0 Å². The standard InChI is InChI=1S/C28H22N2O/c1-28(2,3)23-15-19(14-18-9-5-6-10-20(18)23)24-27-25(30-16-29-24)22-13-12-17-8-4-7-11-21(17)26(22)31-27/h4-16H,1-3H3. The fourth-order valence-electron chi connectivity index (χ4n) is 4.58. The maximum atomic E-state index is 6.46. The molecule has 0 aliphatic carbocycles. The average molecular weight is 402 g/mol. The van der Waals surface area contributed by atoms with Gasteiger partial charge in [-0.3, -0.25) is 0 Å². The van der Waals surface area contributed by atoms with E-state index in [0.717, 1.165) is 44.1 Å². The number of hydrogen-bond acceptors (Lipinski definition) is 3. The molecule has 0 fully saturated rings. The topological polar surface area (TPSA) is 38.9 Å². The molecule has 0 spiro atoms. The molecule has 6 aromatic rings. The van der Waals surface area contributed by atoms with Crippen LogP contribution in [0.2, 0.25) is 0 Å². The highest BCUT2D eigenvalue weighted by molar-refractivity contribution is 6.15. The van der Waals surface area contributed by atoms with E-state index in [9.17, 15) is 0 Å². The van der Waals surface area contributed by atoms with Crippen LogP contribution in [-0.4, -0.2) is 9.97 Å². The molecule has 0 saturated carbocycles. The van der Waals surface area contributed by atoms with E-state index in [1.54, 1.807) is 6.33 Å². The van der Waals surface area contributed by atoms with E-state index in [4.69, 9.17) is 4.42 Å². The Morgan fingerprint density at radius 3 is 2.23 bits per heavy atom. The highest BCUT2D eigenvalue weighted by Gasteiger charge is 2.21. The van der Waals surface area contributed by atoms with Gasteiger partial charge in [-0.2, -0.15) is 0 Å². The Balaban J connectivity index is 1.70. The van der Waals surface area contributed by atoms with Gasteiger partial charge in [-0.15, -0.1) is 0 Å². The first kappa shape index (κ1) is 18.1. The molecule has 0 saturated heterocycles. The Morgan fingerprint density at radius 2 is 1.42 bits per heavy atom. The summed E-state index contributed by atoms with van der Waals surface area (Å²) < 4.78 is 6.46. The van der Waals surface area contributed by atoms with E-state index < -0.39 is 0 Å². The summed E-state index contributed by atoms with van der Waals surface area (Å²) in [5.74, 6) is 0.